The Bertz CT molecular complexity index is 661. The number of aliphatic imine (C=N–C) groups is 1. The van der Waals surface area contributed by atoms with Crippen LogP contribution in [0.1, 0.15) is 17.3 Å². The van der Waals surface area contributed by atoms with Crippen LogP contribution in [0.5, 0.6) is 0 Å². The molecule has 0 amide bonds. The van der Waals surface area contributed by atoms with E-state index >= 15 is 0 Å². The second-order valence-electron chi connectivity index (χ2n) is 5.10. The van der Waals surface area contributed by atoms with Gasteiger partial charge in [-0.3, -0.25) is 4.79 Å². The van der Waals surface area contributed by atoms with E-state index in [4.69, 9.17) is 4.74 Å². The van der Waals surface area contributed by atoms with Gasteiger partial charge in [-0.1, -0.05) is 18.2 Å². The summed E-state index contributed by atoms with van der Waals surface area (Å²) in [5, 5.41) is 0. The largest absolute Gasteiger partial charge is 0.364 e. The van der Waals surface area contributed by atoms with Gasteiger partial charge in [-0.15, -0.1) is 0 Å². The van der Waals surface area contributed by atoms with E-state index in [2.05, 4.69) is 16.8 Å². The van der Waals surface area contributed by atoms with Crippen LogP contribution in [0.4, 0.5) is 11.4 Å². The lowest BCUT2D eigenvalue weighted by atomic mass is 10.1. The van der Waals surface area contributed by atoms with Crippen LogP contribution < -0.4 is 4.90 Å². The minimum atomic E-state index is -0.233. The Morgan fingerprint density at radius 1 is 1.23 bits per heavy atom. The summed E-state index contributed by atoms with van der Waals surface area (Å²) in [6, 6.07) is 17.4. The summed E-state index contributed by atoms with van der Waals surface area (Å²) in [6.07, 6.45) is 1.58. The van der Waals surface area contributed by atoms with Crippen molar-refractivity contribution in [3.63, 3.8) is 0 Å². The first kappa shape index (κ1) is 14.5. The monoisotopic (exact) mass is 294 g/mol. The lowest BCUT2D eigenvalue weighted by molar-refractivity contribution is 0.0953. The average Bonchev–Trinajstić information content (AvgIpc) is 3.41. The topological polar surface area (TPSA) is 45.2 Å². The zero-order valence-electron chi connectivity index (χ0n) is 12.5. The third-order valence-electron chi connectivity index (χ3n) is 3.55. The molecule has 1 aliphatic heterocycles. The average molecular weight is 294 g/mol. The standard InChI is InChI=1S/C18H18N2O2/c1-2-20(16-6-4-3-5-7-16)13-19-15-10-8-14(9-11-15)18(21)17-12-22-17/h3-11,13,17H,2,12H2,1H3. The summed E-state index contributed by atoms with van der Waals surface area (Å²) in [5.74, 6) is 0.0509. The molecule has 0 radical (unpaired) electrons. The number of hydrogen-bond donors (Lipinski definition) is 0. The van der Waals surface area contributed by atoms with Crippen LogP contribution in [-0.2, 0) is 4.74 Å². The summed E-state index contributed by atoms with van der Waals surface area (Å²) < 4.78 is 5.01. The van der Waals surface area contributed by atoms with E-state index in [9.17, 15) is 4.79 Å². The zero-order valence-corrected chi connectivity index (χ0v) is 12.5. The van der Waals surface area contributed by atoms with Crippen molar-refractivity contribution in [3.05, 3.63) is 60.2 Å². The van der Waals surface area contributed by atoms with Crippen LogP contribution in [0.2, 0.25) is 0 Å². The highest BCUT2D eigenvalue weighted by atomic mass is 16.6. The number of ether oxygens (including phenoxy) is 1. The van der Waals surface area contributed by atoms with Crippen molar-refractivity contribution >= 4 is 23.5 Å². The number of carbonyl (C=O) groups is 1. The fourth-order valence-electron chi connectivity index (χ4n) is 2.18. The number of epoxide rings is 1. The number of ketones is 1. The molecule has 4 heteroatoms. The lowest BCUT2D eigenvalue weighted by Crippen LogP contribution is -2.19. The van der Waals surface area contributed by atoms with E-state index in [1.165, 1.54) is 0 Å². The molecule has 2 aromatic rings. The number of rotatable bonds is 6. The van der Waals surface area contributed by atoms with Crippen molar-refractivity contribution < 1.29 is 9.53 Å². The molecule has 4 nitrogen and oxygen atoms in total. The van der Waals surface area contributed by atoms with E-state index in [1.807, 2.05) is 48.8 Å². The van der Waals surface area contributed by atoms with Crippen molar-refractivity contribution in [1.29, 1.82) is 0 Å². The summed E-state index contributed by atoms with van der Waals surface area (Å²) in [5.41, 5.74) is 2.60. The van der Waals surface area contributed by atoms with Gasteiger partial charge < -0.3 is 9.64 Å². The highest BCUT2D eigenvalue weighted by Gasteiger charge is 2.31. The normalized spacial score (nSPS) is 16.7. The number of benzene rings is 2. The maximum absolute atomic E-state index is 11.8. The predicted octanol–water partition coefficient (Wildman–Crippen LogP) is 3.45. The first-order valence-corrected chi connectivity index (χ1v) is 7.39. The molecule has 0 saturated carbocycles. The van der Waals surface area contributed by atoms with Crippen molar-refractivity contribution in [2.45, 2.75) is 13.0 Å². The fourth-order valence-corrected chi connectivity index (χ4v) is 2.18. The number of para-hydroxylation sites is 1. The fraction of sp³-hybridized carbons (Fsp3) is 0.222. The maximum Gasteiger partial charge on any atom is 0.193 e. The number of Topliss-reactive ketones (excluding diaryl/α,β-unsaturated/α-hetero) is 1. The van der Waals surface area contributed by atoms with Gasteiger partial charge in [0.25, 0.3) is 0 Å². The molecule has 2 aromatic carbocycles. The quantitative estimate of drug-likeness (QED) is 0.355. The highest BCUT2D eigenvalue weighted by molar-refractivity contribution is 6.01. The minimum absolute atomic E-state index is 0.0509. The van der Waals surface area contributed by atoms with E-state index in [0.717, 1.165) is 17.9 Å². The molecule has 3 rings (SSSR count). The van der Waals surface area contributed by atoms with Crippen LogP contribution in [0.15, 0.2) is 59.6 Å². The first-order valence-electron chi connectivity index (χ1n) is 7.39. The molecule has 0 aromatic heterocycles. The second kappa shape index (κ2) is 6.54. The molecule has 1 fully saturated rings. The number of anilines is 1. The van der Waals surface area contributed by atoms with Crippen LogP contribution in [0.25, 0.3) is 0 Å². The van der Waals surface area contributed by atoms with E-state index in [1.54, 1.807) is 12.1 Å². The summed E-state index contributed by atoms with van der Waals surface area (Å²) in [6.45, 7) is 3.46. The molecular formula is C18H18N2O2. The Kier molecular flexibility index (Phi) is 4.30. The summed E-state index contributed by atoms with van der Waals surface area (Å²) in [4.78, 5) is 18.4. The molecule has 1 unspecified atom stereocenters. The molecule has 1 atom stereocenters. The predicted molar refractivity (Wildman–Crippen MR) is 88.1 cm³/mol. The van der Waals surface area contributed by atoms with Crippen molar-refractivity contribution in [3.8, 4) is 0 Å². The SMILES string of the molecule is CCN(C=Nc1ccc(C(=O)C2CO2)cc1)c1ccccc1. The molecular weight excluding hydrogens is 276 g/mol. The molecule has 1 aliphatic rings. The Morgan fingerprint density at radius 3 is 2.50 bits per heavy atom. The number of nitrogens with zero attached hydrogens (tertiary/aromatic N) is 2. The number of carbonyl (C=O) groups excluding carboxylic acids is 1. The van der Waals surface area contributed by atoms with E-state index in [-0.39, 0.29) is 11.9 Å². The maximum atomic E-state index is 11.8. The molecule has 0 aliphatic carbocycles. The van der Waals surface area contributed by atoms with Gasteiger partial charge >= 0.3 is 0 Å². The Morgan fingerprint density at radius 2 is 1.91 bits per heavy atom. The van der Waals surface area contributed by atoms with Gasteiger partial charge in [-0.2, -0.15) is 0 Å². The van der Waals surface area contributed by atoms with E-state index in [0.29, 0.717) is 12.2 Å². The van der Waals surface area contributed by atoms with Gasteiger partial charge in [0.1, 0.15) is 6.10 Å². The Balaban J connectivity index is 1.70. The third kappa shape index (κ3) is 3.40. The molecule has 0 spiro atoms. The third-order valence-corrected chi connectivity index (χ3v) is 3.55. The Hall–Kier alpha value is -2.46. The first-order chi connectivity index (χ1) is 10.8. The van der Waals surface area contributed by atoms with Crippen molar-refractivity contribution in [2.24, 2.45) is 4.99 Å². The van der Waals surface area contributed by atoms with E-state index < -0.39 is 0 Å². The molecule has 0 N–H and O–H groups in total. The lowest BCUT2D eigenvalue weighted by Gasteiger charge is -2.16. The van der Waals surface area contributed by atoms with Gasteiger partial charge in [0.15, 0.2) is 5.78 Å². The van der Waals surface area contributed by atoms with Crippen LogP contribution in [0.3, 0.4) is 0 Å². The smallest absolute Gasteiger partial charge is 0.193 e. The van der Waals surface area contributed by atoms with Gasteiger partial charge in [-0.05, 0) is 43.3 Å². The van der Waals surface area contributed by atoms with Gasteiger partial charge in [0, 0.05) is 17.8 Å². The zero-order chi connectivity index (χ0) is 15.4. The molecule has 1 heterocycles. The van der Waals surface area contributed by atoms with Crippen LogP contribution in [-0.4, -0.2) is 31.4 Å². The molecule has 22 heavy (non-hydrogen) atoms. The van der Waals surface area contributed by atoms with Crippen LogP contribution >= 0.6 is 0 Å². The van der Waals surface area contributed by atoms with Crippen LogP contribution in [0, 0.1) is 0 Å². The molecule has 0 bridgehead atoms. The van der Waals surface area contributed by atoms with Gasteiger partial charge in [0.05, 0.1) is 18.6 Å². The van der Waals surface area contributed by atoms with Gasteiger partial charge in [-0.25, -0.2) is 4.99 Å². The Labute approximate surface area is 130 Å². The minimum Gasteiger partial charge on any atom is -0.364 e. The number of hydrogen-bond acceptors (Lipinski definition) is 3. The summed E-state index contributed by atoms with van der Waals surface area (Å²) >= 11 is 0. The highest BCUT2D eigenvalue weighted by Crippen LogP contribution is 2.19. The molecule has 1 saturated heterocycles. The summed E-state index contributed by atoms with van der Waals surface area (Å²) in [7, 11) is 0. The van der Waals surface area contributed by atoms with Gasteiger partial charge in [0.2, 0.25) is 0 Å². The second-order valence-corrected chi connectivity index (χ2v) is 5.10. The van der Waals surface area contributed by atoms with Crippen molar-refractivity contribution in [1.82, 2.24) is 0 Å². The molecule has 112 valence electrons. The van der Waals surface area contributed by atoms with Crippen molar-refractivity contribution in [2.75, 3.05) is 18.1 Å².